The molecule has 0 aromatic carbocycles. The second-order valence-corrected chi connectivity index (χ2v) is 6.11. The third-order valence-corrected chi connectivity index (χ3v) is 4.06. The van der Waals surface area contributed by atoms with E-state index in [1.165, 1.54) is 16.7 Å². The molecule has 1 fully saturated rings. The van der Waals surface area contributed by atoms with Gasteiger partial charge < -0.3 is 9.84 Å². The number of aryl methyl sites for hydroxylation is 1. The minimum absolute atomic E-state index is 0.0416. The summed E-state index contributed by atoms with van der Waals surface area (Å²) in [6.07, 6.45) is 0.172. The summed E-state index contributed by atoms with van der Waals surface area (Å²) in [4.78, 5) is 24.9. The van der Waals surface area contributed by atoms with Crippen LogP contribution in [-0.2, 0) is 9.59 Å². The molecule has 6 nitrogen and oxygen atoms in total. The van der Waals surface area contributed by atoms with E-state index in [0.717, 1.165) is 0 Å². The number of aromatic nitrogens is 1. The molecule has 1 aromatic heterocycles. The molecule has 1 unspecified atom stereocenters. The SMILES string of the molecule is Cc1cc(NC(=O)CCN2C(=O)C(C)SC2=S)no1. The summed E-state index contributed by atoms with van der Waals surface area (Å²) < 4.78 is 5.37. The van der Waals surface area contributed by atoms with Crippen LogP contribution in [0.15, 0.2) is 10.6 Å². The number of carbonyl (C=O) groups is 2. The van der Waals surface area contributed by atoms with Crippen molar-refractivity contribution in [3.63, 3.8) is 0 Å². The van der Waals surface area contributed by atoms with Crippen molar-refractivity contribution in [2.24, 2.45) is 0 Å². The van der Waals surface area contributed by atoms with Gasteiger partial charge in [-0.1, -0.05) is 29.1 Å². The molecule has 0 radical (unpaired) electrons. The number of carbonyl (C=O) groups excluding carboxylic acids is 2. The maximum absolute atomic E-state index is 11.7. The van der Waals surface area contributed by atoms with Crippen LogP contribution in [0.4, 0.5) is 5.82 Å². The van der Waals surface area contributed by atoms with Gasteiger partial charge in [0.25, 0.3) is 0 Å². The highest BCUT2D eigenvalue weighted by atomic mass is 32.2. The highest BCUT2D eigenvalue weighted by Crippen LogP contribution is 2.26. The second-order valence-electron chi connectivity index (χ2n) is 4.14. The van der Waals surface area contributed by atoms with Crippen LogP contribution >= 0.6 is 24.0 Å². The van der Waals surface area contributed by atoms with Gasteiger partial charge in [0.2, 0.25) is 11.8 Å². The van der Waals surface area contributed by atoms with Crippen LogP contribution in [0.25, 0.3) is 0 Å². The largest absolute Gasteiger partial charge is 0.360 e. The lowest BCUT2D eigenvalue weighted by molar-refractivity contribution is -0.126. The van der Waals surface area contributed by atoms with E-state index in [0.29, 0.717) is 15.9 Å². The number of anilines is 1. The molecular weight excluding hydrogens is 286 g/mol. The topological polar surface area (TPSA) is 75.4 Å². The maximum atomic E-state index is 11.7. The lowest BCUT2D eigenvalue weighted by Gasteiger charge is -2.14. The summed E-state index contributed by atoms with van der Waals surface area (Å²) in [7, 11) is 0. The van der Waals surface area contributed by atoms with Crippen LogP contribution < -0.4 is 5.32 Å². The van der Waals surface area contributed by atoms with Crippen molar-refractivity contribution < 1.29 is 14.1 Å². The van der Waals surface area contributed by atoms with E-state index in [9.17, 15) is 9.59 Å². The van der Waals surface area contributed by atoms with E-state index >= 15 is 0 Å². The Kier molecular flexibility index (Phi) is 4.20. The lowest BCUT2D eigenvalue weighted by atomic mass is 10.3. The van der Waals surface area contributed by atoms with Crippen LogP contribution in [0.2, 0.25) is 0 Å². The molecule has 19 heavy (non-hydrogen) atoms. The third kappa shape index (κ3) is 3.32. The zero-order valence-corrected chi connectivity index (χ0v) is 12.1. The van der Waals surface area contributed by atoms with Gasteiger partial charge in [0.05, 0.1) is 5.25 Å². The van der Waals surface area contributed by atoms with Crippen molar-refractivity contribution in [3.8, 4) is 0 Å². The smallest absolute Gasteiger partial charge is 0.241 e. The summed E-state index contributed by atoms with van der Waals surface area (Å²) in [6.45, 7) is 3.83. The van der Waals surface area contributed by atoms with Gasteiger partial charge in [-0.05, 0) is 13.8 Å². The fourth-order valence-electron chi connectivity index (χ4n) is 1.62. The first-order chi connectivity index (χ1) is 8.97. The highest BCUT2D eigenvalue weighted by Gasteiger charge is 2.33. The minimum atomic E-state index is -0.228. The average Bonchev–Trinajstić information content (AvgIpc) is 2.83. The molecule has 0 aliphatic carbocycles. The first kappa shape index (κ1) is 14.0. The fourth-order valence-corrected chi connectivity index (χ4v) is 3.07. The molecule has 2 rings (SSSR count). The van der Waals surface area contributed by atoms with Crippen LogP contribution in [0.3, 0.4) is 0 Å². The number of thiocarbonyl (C=S) groups is 1. The van der Waals surface area contributed by atoms with Gasteiger partial charge in [-0.25, -0.2) is 0 Å². The normalized spacial score (nSPS) is 19.1. The van der Waals surface area contributed by atoms with Crippen molar-refractivity contribution in [2.75, 3.05) is 11.9 Å². The number of hydrogen-bond donors (Lipinski definition) is 1. The molecule has 0 spiro atoms. The predicted molar refractivity (Wildman–Crippen MR) is 75.9 cm³/mol. The Morgan fingerprint density at radius 3 is 2.95 bits per heavy atom. The fraction of sp³-hybridized carbons (Fsp3) is 0.455. The number of thioether (sulfide) groups is 1. The number of hydrogen-bond acceptors (Lipinski definition) is 6. The predicted octanol–water partition coefficient (Wildman–Crippen LogP) is 1.56. The summed E-state index contributed by atoms with van der Waals surface area (Å²) in [5, 5.41) is 6.10. The monoisotopic (exact) mass is 299 g/mol. The van der Waals surface area contributed by atoms with Crippen molar-refractivity contribution in [2.45, 2.75) is 25.5 Å². The lowest BCUT2D eigenvalue weighted by Crippen LogP contribution is -2.33. The summed E-state index contributed by atoms with van der Waals surface area (Å²) in [5.74, 6) is 0.727. The molecule has 2 heterocycles. The van der Waals surface area contributed by atoms with Gasteiger partial charge >= 0.3 is 0 Å². The van der Waals surface area contributed by atoms with Crippen molar-refractivity contribution >= 4 is 45.9 Å². The number of nitrogens with one attached hydrogen (secondary N) is 1. The number of amides is 2. The van der Waals surface area contributed by atoms with E-state index < -0.39 is 0 Å². The number of rotatable bonds is 4. The highest BCUT2D eigenvalue weighted by molar-refractivity contribution is 8.24. The molecule has 1 aliphatic heterocycles. The first-order valence-corrected chi connectivity index (χ1v) is 7.01. The molecule has 2 amide bonds. The molecule has 1 N–H and O–H groups in total. The standard InChI is InChI=1S/C11H13N3O3S2/c1-6-5-8(13-17-6)12-9(15)3-4-14-10(16)7(2)19-11(14)18/h5,7H,3-4H2,1-2H3,(H,12,13,15). The maximum Gasteiger partial charge on any atom is 0.241 e. The van der Waals surface area contributed by atoms with Crippen molar-refractivity contribution in [3.05, 3.63) is 11.8 Å². The molecule has 1 atom stereocenters. The zero-order chi connectivity index (χ0) is 14.0. The Morgan fingerprint density at radius 1 is 1.68 bits per heavy atom. The summed E-state index contributed by atoms with van der Waals surface area (Å²) in [5.41, 5.74) is 0. The Labute approximate surface area is 119 Å². The summed E-state index contributed by atoms with van der Waals surface area (Å²) >= 11 is 6.43. The van der Waals surface area contributed by atoms with E-state index in [-0.39, 0.29) is 30.0 Å². The van der Waals surface area contributed by atoms with Gasteiger partial charge in [-0.2, -0.15) is 0 Å². The van der Waals surface area contributed by atoms with Gasteiger partial charge in [0.1, 0.15) is 10.1 Å². The second kappa shape index (κ2) is 5.70. The molecule has 0 saturated carbocycles. The van der Waals surface area contributed by atoms with Crippen molar-refractivity contribution in [1.82, 2.24) is 10.1 Å². The van der Waals surface area contributed by atoms with Gasteiger partial charge in [0.15, 0.2) is 5.82 Å². The Bertz CT molecular complexity index is 529. The van der Waals surface area contributed by atoms with Crippen LogP contribution in [0.1, 0.15) is 19.1 Å². The molecular formula is C11H13N3O3S2. The van der Waals surface area contributed by atoms with E-state index in [1.807, 2.05) is 0 Å². The van der Waals surface area contributed by atoms with Crippen LogP contribution in [0, 0.1) is 6.92 Å². The zero-order valence-electron chi connectivity index (χ0n) is 10.5. The van der Waals surface area contributed by atoms with Gasteiger partial charge in [0, 0.05) is 19.0 Å². The molecule has 102 valence electrons. The Hall–Kier alpha value is -1.41. The van der Waals surface area contributed by atoms with E-state index in [4.69, 9.17) is 16.7 Å². The number of nitrogens with zero attached hydrogens (tertiary/aromatic N) is 2. The van der Waals surface area contributed by atoms with Crippen LogP contribution in [0.5, 0.6) is 0 Å². The first-order valence-electron chi connectivity index (χ1n) is 5.72. The molecule has 1 aromatic rings. The molecule has 0 bridgehead atoms. The molecule has 1 saturated heterocycles. The Balaban J connectivity index is 1.84. The van der Waals surface area contributed by atoms with Gasteiger partial charge in [-0.3, -0.25) is 14.5 Å². The Morgan fingerprint density at radius 2 is 2.42 bits per heavy atom. The summed E-state index contributed by atoms with van der Waals surface area (Å²) in [6, 6.07) is 1.63. The quantitative estimate of drug-likeness (QED) is 0.850. The van der Waals surface area contributed by atoms with Crippen LogP contribution in [-0.4, -0.2) is 38.0 Å². The minimum Gasteiger partial charge on any atom is -0.360 e. The molecule has 8 heteroatoms. The average molecular weight is 299 g/mol. The van der Waals surface area contributed by atoms with E-state index in [1.54, 1.807) is 19.9 Å². The van der Waals surface area contributed by atoms with E-state index in [2.05, 4.69) is 10.5 Å². The van der Waals surface area contributed by atoms with Gasteiger partial charge in [-0.15, -0.1) is 0 Å². The van der Waals surface area contributed by atoms with Crippen molar-refractivity contribution in [1.29, 1.82) is 0 Å². The molecule has 1 aliphatic rings. The third-order valence-electron chi connectivity index (χ3n) is 2.57.